The zero-order valence-corrected chi connectivity index (χ0v) is 12.5. The molecule has 5 nitrogen and oxygen atoms in total. The number of nitrogens with one attached hydrogen (secondary N) is 1. The van der Waals surface area contributed by atoms with Crippen molar-refractivity contribution in [3.8, 4) is 0 Å². The standard InChI is InChI=1S/C15H22N2O3/c1-5-17(6-2)12(4)20-15(19)13-7-9-14(10-8-13)16-11(3)18/h7-10,12H,5-6H2,1-4H3,(H,16,18). The monoisotopic (exact) mass is 278 g/mol. The van der Waals surface area contributed by atoms with Gasteiger partial charge < -0.3 is 10.1 Å². The molecule has 0 radical (unpaired) electrons. The topological polar surface area (TPSA) is 58.6 Å². The summed E-state index contributed by atoms with van der Waals surface area (Å²) in [6, 6.07) is 6.64. The maximum Gasteiger partial charge on any atom is 0.339 e. The summed E-state index contributed by atoms with van der Waals surface area (Å²) in [6.07, 6.45) is -0.257. The van der Waals surface area contributed by atoms with Gasteiger partial charge in [0, 0.05) is 12.6 Å². The van der Waals surface area contributed by atoms with Gasteiger partial charge in [0.1, 0.15) is 0 Å². The fourth-order valence-electron chi connectivity index (χ4n) is 1.93. The van der Waals surface area contributed by atoms with Crippen LogP contribution in [0.2, 0.25) is 0 Å². The van der Waals surface area contributed by atoms with E-state index < -0.39 is 0 Å². The van der Waals surface area contributed by atoms with E-state index in [1.807, 2.05) is 25.7 Å². The van der Waals surface area contributed by atoms with Crippen LogP contribution < -0.4 is 5.32 Å². The molecule has 1 aromatic rings. The predicted molar refractivity (Wildman–Crippen MR) is 78.5 cm³/mol. The lowest BCUT2D eigenvalue weighted by atomic mass is 10.2. The van der Waals surface area contributed by atoms with Crippen molar-refractivity contribution in [1.82, 2.24) is 4.90 Å². The molecule has 0 aliphatic rings. The molecule has 0 bridgehead atoms. The zero-order valence-electron chi connectivity index (χ0n) is 12.5. The Balaban J connectivity index is 2.66. The molecule has 0 spiro atoms. The average Bonchev–Trinajstić information content (AvgIpc) is 2.40. The Kier molecular flexibility index (Phi) is 6.18. The van der Waals surface area contributed by atoms with Crippen LogP contribution in [0.3, 0.4) is 0 Å². The highest BCUT2D eigenvalue weighted by molar-refractivity contribution is 5.92. The van der Waals surface area contributed by atoms with Crippen molar-refractivity contribution < 1.29 is 14.3 Å². The van der Waals surface area contributed by atoms with Gasteiger partial charge in [-0.3, -0.25) is 9.69 Å². The minimum Gasteiger partial charge on any atom is -0.443 e. The van der Waals surface area contributed by atoms with Crippen LogP contribution in [0, 0.1) is 0 Å². The third kappa shape index (κ3) is 4.66. The van der Waals surface area contributed by atoms with Crippen LogP contribution in [0.25, 0.3) is 0 Å². The molecule has 0 aromatic heterocycles. The number of hydrogen-bond donors (Lipinski definition) is 1. The Hall–Kier alpha value is -1.88. The molecule has 20 heavy (non-hydrogen) atoms. The van der Waals surface area contributed by atoms with Gasteiger partial charge in [-0.15, -0.1) is 0 Å². The molecule has 1 amide bonds. The summed E-state index contributed by atoms with van der Waals surface area (Å²) in [5.74, 6) is -0.505. The van der Waals surface area contributed by atoms with E-state index in [1.54, 1.807) is 24.3 Å². The highest BCUT2D eigenvalue weighted by Crippen LogP contribution is 2.12. The Labute approximate surface area is 119 Å². The molecule has 1 rings (SSSR count). The lowest BCUT2D eigenvalue weighted by molar-refractivity contribution is -0.114. The number of rotatable bonds is 6. The summed E-state index contributed by atoms with van der Waals surface area (Å²) in [5.41, 5.74) is 1.13. The summed E-state index contributed by atoms with van der Waals surface area (Å²) in [6.45, 7) is 9.00. The molecule has 1 N–H and O–H groups in total. The summed E-state index contributed by atoms with van der Waals surface area (Å²) in [5, 5.41) is 2.65. The Morgan fingerprint density at radius 2 is 1.75 bits per heavy atom. The minimum absolute atomic E-state index is 0.143. The predicted octanol–water partition coefficient (Wildman–Crippen LogP) is 2.49. The number of hydrogen-bond acceptors (Lipinski definition) is 4. The summed E-state index contributed by atoms with van der Waals surface area (Å²) in [4.78, 5) is 24.9. The molecule has 5 heteroatoms. The molecule has 0 saturated heterocycles. The van der Waals surface area contributed by atoms with Gasteiger partial charge in [-0.2, -0.15) is 0 Å². The number of anilines is 1. The van der Waals surface area contributed by atoms with E-state index in [2.05, 4.69) is 5.32 Å². The van der Waals surface area contributed by atoms with Gasteiger partial charge >= 0.3 is 5.97 Å². The lowest BCUT2D eigenvalue weighted by Crippen LogP contribution is -2.36. The van der Waals surface area contributed by atoms with Crippen molar-refractivity contribution in [3.05, 3.63) is 29.8 Å². The highest BCUT2D eigenvalue weighted by Gasteiger charge is 2.16. The van der Waals surface area contributed by atoms with Crippen molar-refractivity contribution in [2.24, 2.45) is 0 Å². The number of carbonyl (C=O) groups is 2. The number of esters is 1. The summed E-state index contributed by atoms with van der Waals surface area (Å²) >= 11 is 0. The Morgan fingerprint density at radius 1 is 1.20 bits per heavy atom. The van der Waals surface area contributed by atoms with Gasteiger partial charge in [0.05, 0.1) is 5.56 Å². The van der Waals surface area contributed by atoms with E-state index in [1.165, 1.54) is 6.92 Å². The summed E-state index contributed by atoms with van der Waals surface area (Å²) in [7, 11) is 0. The van der Waals surface area contributed by atoms with Crippen molar-refractivity contribution in [3.63, 3.8) is 0 Å². The first-order chi connectivity index (χ1) is 9.47. The molecule has 0 heterocycles. The van der Waals surface area contributed by atoms with Gasteiger partial charge in [0.25, 0.3) is 0 Å². The smallest absolute Gasteiger partial charge is 0.339 e. The van der Waals surface area contributed by atoms with E-state index >= 15 is 0 Å². The average molecular weight is 278 g/mol. The third-order valence-corrected chi connectivity index (χ3v) is 3.05. The molecular weight excluding hydrogens is 256 g/mol. The van der Waals surface area contributed by atoms with Crippen molar-refractivity contribution in [2.75, 3.05) is 18.4 Å². The van der Waals surface area contributed by atoms with Crippen molar-refractivity contribution in [2.45, 2.75) is 33.9 Å². The second-order valence-electron chi connectivity index (χ2n) is 4.48. The van der Waals surface area contributed by atoms with E-state index in [0.717, 1.165) is 13.1 Å². The maximum atomic E-state index is 12.0. The Morgan fingerprint density at radius 3 is 2.20 bits per heavy atom. The van der Waals surface area contributed by atoms with E-state index in [4.69, 9.17) is 4.74 Å². The first kappa shape index (κ1) is 16.2. The van der Waals surface area contributed by atoms with Gasteiger partial charge in [-0.25, -0.2) is 4.79 Å². The van der Waals surface area contributed by atoms with Gasteiger partial charge in [-0.1, -0.05) is 13.8 Å². The number of benzene rings is 1. The van der Waals surface area contributed by atoms with Gasteiger partial charge in [0.15, 0.2) is 6.23 Å². The van der Waals surface area contributed by atoms with E-state index in [-0.39, 0.29) is 18.1 Å². The third-order valence-electron chi connectivity index (χ3n) is 3.05. The molecule has 1 unspecified atom stereocenters. The van der Waals surface area contributed by atoms with Crippen LogP contribution in [-0.4, -0.2) is 36.1 Å². The molecule has 1 atom stereocenters. The Bertz CT molecular complexity index is 453. The van der Waals surface area contributed by atoms with Crippen LogP contribution in [0.5, 0.6) is 0 Å². The number of nitrogens with zero attached hydrogens (tertiary/aromatic N) is 1. The van der Waals surface area contributed by atoms with Gasteiger partial charge in [0.2, 0.25) is 5.91 Å². The van der Waals surface area contributed by atoms with Crippen LogP contribution in [0.4, 0.5) is 5.69 Å². The van der Waals surface area contributed by atoms with Crippen LogP contribution in [-0.2, 0) is 9.53 Å². The van der Waals surface area contributed by atoms with Crippen molar-refractivity contribution >= 4 is 17.6 Å². The number of amides is 1. The zero-order chi connectivity index (χ0) is 15.1. The van der Waals surface area contributed by atoms with Gasteiger partial charge in [-0.05, 0) is 44.3 Å². The van der Waals surface area contributed by atoms with Crippen molar-refractivity contribution in [1.29, 1.82) is 0 Å². The normalized spacial score (nSPS) is 12.1. The molecule has 0 aliphatic carbocycles. The largest absolute Gasteiger partial charge is 0.443 e. The van der Waals surface area contributed by atoms with Crippen LogP contribution >= 0.6 is 0 Å². The molecular formula is C15H22N2O3. The highest BCUT2D eigenvalue weighted by atomic mass is 16.6. The minimum atomic E-state index is -0.362. The number of ether oxygens (including phenoxy) is 1. The first-order valence-electron chi connectivity index (χ1n) is 6.80. The first-order valence-corrected chi connectivity index (χ1v) is 6.80. The fraction of sp³-hybridized carbons (Fsp3) is 0.467. The molecule has 0 aliphatic heterocycles. The molecule has 0 fully saturated rings. The summed E-state index contributed by atoms with van der Waals surface area (Å²) < 4.78 is 5.40. The number of carbonyl (C=O) groups excluding carboxylic acids is 2. The van der Waals surface area contributed by atoms with E-state index in [9.17, 15) is 9.59 Å². The maximum absolute atomic E-state index is 12.0. The second-order valence-corrected chi connectivity index (χ2v) is 4.48. The fourth-order valence-corrected chi connectivity index (χ4v) is 1.93. The molecule has 1 aromatic carbocycles. The van der Waals surface area contributed by atoms with Crippen LogP contribution in [0.1, 0.15) is 38.1 Å². The second kappa shape index (κ2) is 7.65. The molecule has 0 saturated carbocycles. The quantitative estimate of drug-likeness (QED) is 0.641. The SMILES string of the molecule is CCN(CC)C(C)OC(=O)c1ccc(NC(C)=O)cc1. The van der Waals surface area contributed by atoms with Crippen LogP contribution in [0.15, 0.2) is 24.3 Å². The lowest BCUT2D eigenvalue weighted by Gasteiger charge is -2.25. The molecule has 110 valence electrons. The van der Waals surface area contributed by atoms with E-state index in [0.29, 0.717) is 11.3 Å².